The molecule has 0 saturated heterocycles. The molecule has 1 amide bonds. The summed E-state index contributed by atoms with van der Waals surface area (Å²) >= 11 is 0. The lowest BCUT2D eigenvalue weighted by Gasteiger charge is -2.13. The smallest absolute Gasteiger partial charge is 0.227 e. The first-order valence-corrected chi connectivity index (χ1v) is 7.18. The molecule has 0 bridgehead atoms. The second kappa shape index (κ2) is 7.95. The SMILES string of the molecule is CCc1cccc(NC(=O)C(C)CCCC(C)N)c1. The molecule has 0 heterocycles. The molecule has 3 N–H and O–H groups in total. The van der Waals surface area contributed by atoms with E-state index in [1.54, 1.807) is 0 Å². The van der Waals surface area contributed by atoms with Crippen LogP contribution in [0, 0.1) is 5.92 Å². The third-order valence-corrected chi connectivity index (χ3v) is 3.35. The molecule has 0 aromatic heterocycles. The predicted octanol–water partition coefficient (Wildman–Crippen LogP) is 3.34. The van der Waals surface area contributed by atoms with Gasteiger partial charge in [-0.3, -0.25) is 4.79 Å². The highest BCUT2D eigenvalue weighted by atomic mass is 16.1. The maximum atomic E-state index is 12.0. The van der Waals surface area contributed by atoms with Gasteiger partial charge in [0.25, 0.3) is 0 Å². The van der Waals surface area contributed by atoms with Gasteiger partial charge in [0.05, 0.1) is 0 Å². The van der Waals surface area contributed by atoms with Gasteiger partial charge in [-0.2, -0.15) is 0 Å². The van der Waals surface area contributed by atoms with Crippen molar-refractivity contribution in [1.29, 1.82) is 0 Å². The molecule has 2 atom stereocenters. The average Bonchev–Trinajstić information content (AvgIpc) is 2.38. The second-order valence-corrected chi connectivity index (χ2v) is 5.35. The summed E-state index contributed by atoms with van der Waals surface area (Å²) in [7, 11) is 0. The number of hydrogen-bond acceptors (Lipinski definition) is 2. The molecule has 0 aliphatic carbocycles. The Morgan fingerprint density at radius 1 is 1.32 bits per heavy atom. The summed E-state index contributed by atoms with van der Waals surface area (Å²) < 4.78 is 0. The number of nitrogens with one attached hydrogen (secondary N) is 1. The molecule has 3 nitrogen and oxygen atoms in total. The molecule has 3 heteroatoms. The molecule has 1 aromatic carbocycles. The number of amides is 1. The molecule has 1 rings (SSSR count). The Labute approximate surface area is 116 Å². The monoisotopic (exact) mass is 262 g/mol. The molecule has 2 unspecified atom stereocenters. The minimum Gasteiger partial charge on any atom is -0.328 e. The Morgan fingerprint density at radius 2 is 2.05 bits per heavy atom. The molecule has 19 heavy (non-hydrogen) atoms. The van der Waals surface area contributed by atoms with Gasteiger partial charge >= 0.3 is 0 Å². The van der Waals surface area contributed by atoms with Crippen molar-refractivity contribution in [2.24, 2.45) is 11.7 Å². The van der Waals surface area contributed by atoms with E-state index < -0.39 is 0 Å². The highest BCUT2D eigenvalue weighted by Gasteiger charge is 2.13. The van der Waals surface area contributed by atoms with Gasteiger partial charge in [-0.1, -0.05) is 32.4 Å². The maximum Gasteiger partial charge on any atom is 0.227 e. The van der Waals surface area contributed by atoms with Crippen LogP contribution in [0.2, 0.25) is 0 Å². The molecule has 0 aliphatic rings. The van der Waals surface area contributed by atoms with Crippen LogP contribution in [-0.2, 0) is 11.2 Å². The van der Waals surface area contributed by atoms with Crippen LogP contribution in [0.1, 0.15) is 45.6 Å². The van der Waals surface area contributed by atoms with Gasteiger partial charge < -0.3 is 11.1 Å². The van der Waals surface area contributed by atoms with Crippen LogP contribution in [0.15, 0.2) is 24.3 Å². The van der Waals surface area contributed by atoms with Gasteiger partial charge in [0, 0.05) is 17.6 Å². The van der Waals surface area contributed by atoms with E-state index in [2.05, 4.69) is 18.3 Å². The largest absolute Gasteiger partial charge is 0.328 e. The lowest BCUT2D eigenvalue weighted by Crippen LogP contribution is -2.21. The fourth-order valence-electron chi connectivity index (χ4n) is 2.01. The number of rotatable bonds is 7. The van der Waals surface area contributed by atoms with Gasteiger partial charge in [-0.25, -0.2) is 0 Å². The molecule has 0 saturated carbocycles. The Hall–Kier alpha value is -1.35. The van der Waals surface area contributed by atoms with Crippen LogP contribution in [-0.4, -0.2) is 11.9 Å². The van der Waals surface area contributed by atoms with Crippen molar-refractivity contribution < 1.29 is 4.79 Å². The van der Waals surface area contributed by atoms with Crippen LogP contribution < -0.4 is 11.1 Å². The highest BCUT2D eigenvalue weighted by Crippen LogP contribution is 2.15. The van der Waals surface area contributed by atoms with Crippen LogP contribution in [0.4, 0.5) is 5.69 Å². The number of aryl methyl sites for hydroxylation is 1. The van der Waals surface area contributed by atoms with Crippen molar-refractivity contribution in [1.82, 2.24) is 0 Å². The first-order chi connectivity index (χ1) is 9.02. The molecule has 0 radical (unpaired) electrons. The lowest BCUT2D eigenvalue weighted by molar-refractivity contribution is -0.119. The summed E-state index contributed by atoms with van der Waals surface area (Å²) in [5.41, 5.74) is 7.84. The summed E-state index contributed by atoms with van der Waals surface area (Å²) in [6.45, 7) is 6.08. The van der Waals surface area contributed by atoms with E-state index in [1.807, 2.05) is 32.0 Å². The quantitative estimate of drug-likeness (QED) is 0.792. The van der Waals surface area contributed by atoms with Gasteiger partial charge in [0.2, 0.25) is 5.91 Å². The maximum absolute atomic E-state index is 12.0. The minimum atomic E-state index is 0.0315. The summed E-state index contributed by atoms with van der Waals surface area (Å²) in [4.78, 5) is 12.0. The van der Waals surface area contributed by atoms with Crippen molar-refractivity contribution in [2.45, 2.75) is 52.5 Å². The van der Waals surface area contributed by atoms with E-state index in [0.29, 0.717) is 0 Å². The zero-order valence-corrected chi connectivity index (χ0v) is 12.3. The zero-order chi connectivity index (χ0) is 14.3. The minimum absolute atomic E-state index is 0.0315. The van der Waals surface area contributed by atoms with E-state index >= 15 is 0 Å². The van der Waals surface area contributed by atoms with Crippen LogP contribution in [0.3, 0.4) is 0 Å². The lowest BCUT2D eigenvalue weighted by atomic mass is 10.0. The highest BCUT2D eigenvalue weighted by molar-refractivity contribution is 5.92. The third kappa shape index (κ3) is 5.88. The molecule has 0 aliphatic heterocycles. The van der Waals surface area contributed by atoms with Crippen LogP contribution >= 0.6 is 0 Å². The number of nitrogens with two attached hydrogens (primary N) is 1. The van der Waals surface area contributed by atoms with Crippen molar-refractivity contribution in [3.8, 4) is 0 Å². The summed E-state index contributed by atoms with van der Waals surface area (Å²) in [6, 6.07) is 8.24. The Morgan fingerprint density at radius 3 is 2.68 bits per heavy atom. The van der Waals surface area contributed by atoms with E-state index in [9.17, 15) is 4.79 Å². The zero-order valence-electron chi connectivity index (χ0n) is 12.3. The average molecular weight is 262 g/mol. The number of benzene rings is 1. The van der Waals surface area contributed by atoms with Crippen molar-refractivity contribution in [3.05, 3.63) is 29.8 Å². The van der Waals surface area contributed by atoms with Gasteiger partial charge in [-0.15, -0.1) is 0 Å². The summed E-state index contributed by atoms with van der Waals surface area (Å²) in [5.74, 6) is 0.127. The fourth-order valence-corrected chi connectivity index (χ4v) is 2.01. The molecule has 1 aromatic rings. The topological polar surface area (TPSA) is 55.1 Å². The van der Waals surface area contributed by atoms with Crippen LogP contribution in [0.25, 0.3) is 0 Å². The van der Waals surface area contributed by atoms with Crippen LogP contribution in [0.5, 0.6) is 0 Å². The Bertz CT molecular complexity index is 401. The van der Waals surface area contributed by atoms with Gasteiger partial charge in [-0.05, 0) is 43.9 Å². The van der Waals surface area contributed by atoms with E-state index in [0.717, 1.165) is 31.4 Å². The summed E-state index contributed by atoms with van der Waals surface area (Å²) in [6.07, 6.45) is 3.85. The number of hydrogen-bond donors (Lipinski definition) is 2. The van der Waals surface area contributed by atoms with E-state index in [-0.39, 0.29) is 17.9 Å². The first-order valence-electron chi connectivity index (χ1n) is 7.18. The molecular formula is C16H26N2O. The van der Waals surface area contributed by atoms with E-state index in [4.69, 9.17) is 5.73 Å². The summed E-state index contributed by atoms with van der Waals surface area (Å²) in [5, 5.41) is 2.98. The number of anilines is 1. The third-order valence-electron chi connectivity index (χ3n) is 3.35. The van der Waals surface area contributed by atoms with E-state index in [1.165, 1.54) is 5.56 Å². The number of carbonyl (C=O) groups is 1. The van der Waals surface area contributed by atoms with Crippen molar-refractivity contribution >= 4 is 11.6 Å². The Balaban J connectivity index is 2.44. The number of carbonyl (C=O) groups excluding carboxylic acids is 1. The Kier molecular flexibility index (Phi) is 6.57. The fraction of sp³-hybridized carbons (Fsp3) is 0.562. The predicted molar refractivity (Wildman–Crippen MR) is 81.1 cm³/mol. The normalized spacial score (nSPS) is 13.9. The molecule has 106 valence electrons. The van der Waals surface area contributed by atoms with Crippen molar-refractivity contribution in [2.75, 3.05) is 5.32 Å². The molecule has 0 spiro atoms. The standard InChI is InChI=1S/C16H26N2O/c1-4-14-9-6-10-15(11-14)18-16(19)12(2)7-5-8-13(3)17/h6,9-13H,4-5,7-8,17H2,1-3H3,(H,18,19). The van der Waals surface area contributed by atoms with Crippen molar-refractivity contribution in [3.63, 3.8) is 0 Å². The second-order valence-electron chi connectivity index (χ2n) is 5.35. The van der Waals surface area contributed by atoms with Gasteiger partial charge in [0.15, 0.2) is 0 Å². The van der Waals surface area contributed by atoms with Gasteiger partial charge in [0.1, 0.15) is 0 Å². The molecular weight excluding hydrogens is 236 g/mol. The molecule has 0 fully saturated rings. The first kappa shape index (κ1) is 15.7.